The molecule has 3 N–H and O–H groups in total. The van der Waals surface area contributed by atoms with Crippen LogP contribution in [0.2, 0.25) is 0 Å². The first-order chi connectivity index (χ1) is 14.1. The predicted molar refractivity (Wildman–Crippen MR) is 128 cm³/mol. The summed E-state index contributed by atoms with van der Waals surface area (Å²) in [5.41, 5.74) is 1.62. The molecule has 0 heterocycles. The molecule has 0 fully saturated rings. The van der Waals surface area contributed by atoms with Crippen LogP contribution >= 0.6 is 11.8 Å². The van der Waals surface area contributed by atoms with Gasteiger partial charge in [0.15, 0.2) is 0 Å². The van der Waals surface area contributed by atoms with E-state index in [2.05, 4.69) is 27.7 Å². The van der Waals surface area contributed by atoms with Crippen LogP contribution in [0.3, 0.4) is 0 Å². The highest BCUT2D eigenvalue weighted by Gasteiger charge is 2.32. The van der Waals surface area contributed by atoms with Crippen molar-refractivity contribution >= 4 is 17.7 Å². The fraction of sp³-hybridized carbons (Fsp3) is 0.800. The number of carboxylic acids is 1. The highest BCUT2D eigenvalue weighted by atomic mass is 32.2. The minimum atomic E-state index is -0.726. The minimum absolute atomic E-state index is 0.0233. The van der Waals surface area contributed by atoms with E-state index < -0.39 is 18.2 Å². The molecule has 0 radical (unpaired) electrons. The third-order valence-electron chi connectivity index (χ3n) is 5.63. The second-order valence-corrected chi connectivity index (χ2v) is 11.0. The summed E-state index contributed by atoms with van der Waals surface area (Å²) in [6.45, 7) is 8.90. The molecule has 1 rings (SSSR count). The molecule has 174 valence electrons. The molecule has 0 aromatic carbocycles. The molecule has 1 aliphatic carbocycles. The van der Waals surface area contributed by atoms with Gasteiger partial charge < -0.3 is 15.3 Å². The summed E-state index contributed by atoms with van der Waals surface area (Å²) in [6, 6.07) is 0. The molecule has 3 atom stereocenters. The molecule has 0 aromatic rings. The molecule has 0 saturated carbocycles. The Kier molecular flexibility index (Phi) is 13.0. The van der Waals surface area contributed by atoms with Crippen molar-refractivity contribution in [1.82, 2.24) is 0 Å². The summed E-state index contributed by atoms with van der Waals surface area (Å²) in [5, 5.41) is 29.8. The van der Waals surface area contributed by atoms with E-state index >= 15 is 0 Å². The van der Waals surface area contributed by atoms with Crippen molar-refractivity contribution in [2.75, 3.05) is 5.75 Å². The molecule has 30 heavy (non-hydrogen) atoms. The van der Waals surface area contributed by atoms with Crippen LogP contribution in [-0.2, 0) is 4.79 Å². The maximum absolute atomic E-state index is 10.7. The Hall–Kier alpha value is -0.780. The molecule has 0 aliphatic heterocycles. The SMILES string of the molecule is CCCCC[C@H](O)/C=C/[C@@H]1C(SCCCCCC(=O)O)=C(CCC(C)(C)C)C[C@H]1O. The Balaban J connectivity index is 2.73. The Morgan fingerprint density at radius 3 is 2.57 bits per heavy atom. The monoisotopic (exact) mass is 440 g/mol. The van der Waals surface area contributed by atoms with Gasteiger partial charge >= 0.3 is 5.97 Å². The lowest BCUT2D eigenvalue weighted by molar-refractivity contribution is -0.137. The summed E-state index contributed by atoms with van der Waals surface area (Å²) in [5.74, 6) is 0.200. The number of rotatable bonds is 15. The zero-order chi connectivity index (χ0) is 22.6. The van der Waals surface area contributed by atoms with Gasteiger partial charge in [-0.05, 0) is 54.6 Å². The van der Waals surface area contributed by atoms with Gasteiger partial charge in [-0.25, -0.2) is 0 Å². The molecule has 0 spiro atoms. The van der Waals surface area contributed by atoms with Crippen molar-refractivity contribution in [2.45, 2.75) is 111 Å². The summed E-state index contributed by atoms with van der Waals surface area (Å²) >= 11 is 1.83. The molecule has 5 heteroatoms. The number of aliphatic hydroxyl groups is 2. The Morgan fingerprint density at radius 1 is 1.20 bits per heavy atom. The van der Waals surface area contributed by atoms with Crippen LogP contribution in [0.4, 0.5) is 0 Å². The lowest BCUT2D eigenvalue weighted by Gasteiger charge is -2.19. The molecular formula is C25H44O4S. The van der Waals surface area contributed by atoms with Gasteiger partial charge in [0.1, 0.15) is 0 Å². The van der Waals surface area contributed by atoms with E-state index in [0.717, 1.165) is 70.0 Å². The molecular weight excluding hydrogens is 396 g/mol. The summed E-state index contributed by atoms with van der Waals surface area (Å²) in [4.78, 5) is 11.9. The largest absolute Gasteiger partial charge is 0.481 e. The van der Waals surface area contributed by atoms with Gasteiger partial charge in [-0.1, -0.05) is 71.1 Å². The first-order valence-corrected chi connectivity index (χ1v) is 12.7. The molecule has 0 saturated heterocycles. The van der Waals surface area contributed by atoms with Crippen LogP contribution in [-0.4, -0.2) is 39.2 Å². The van der Waals surface area contributed by atoms with Gasteiger partial charge in [-0.15, -0.1) is 11.8 Å². The lowest BCUT2D eigenvalue weighted by atomic mass is 9.88. The van der Waals surface area contributed by atoms with E-state index in [1.165, 1.54) is 10.5 Å². The Labute approximate surface area is 188 Å². The molecule has 0 bridgehead atoms. The van der Waals surface area contributed by atoms with Gasteiger partial charge in [0.25, 0.3) is 0 Å². The third kappa shape index (κ3) is 11.6. The first kappa shape index (κ1) is 27.3. The number of carbonyl (C=O) groups is 1. The average molecular weight is 441 g/mol. The summed E-state index contributed by atoms with van der Waals surface area (Å²) in [6.07, 6.45) is 12.8. The van der Waals surface area contributed by atoms with Gasteiger partial charge in [-0.2, -0.15) is 0 Å². The zero-order valence-corrected chi connectivity index (χ0v) is 20.3. The first-order valence-electron chi connectivity index (χ1n) is 11.7. The van der Waals surface area contributed by atoms with Crippen LogP contribution in [0, 0.1) is 11.3 Å². The maximum Gasteiger partial charge on any atom is 0.303 e. The Bertz CT molecular complexity index is 562. The molecule has 0 unspecified atom stereocenters. The maximum atomic E-state index is 10.7. The summed E-state index contributed by atoms with van der Waals surface area (Å²) < 4.78 is 0. The van der Waals surface area contributed by atoms with E-state index in [4.69, 9.17) is 5.11 Å². The highest BCUT2D eigenvalue weighted by Crippen LogP contribution is 2.43. The number of unbranched alkanes of at least 4 members (excludes halogenated alkanes) is 4. The molecule has 4 nitrogen and oxygen atoms in total. The molecule has 1 aliphatic rings. The minimum Gasteiger partial charge on any atom is -0.481 e. The van der Waals surface area contributed by atoms with Gasteiger partial charge in [0, 0.05) is 12.3 Å². The van der Waals surface area contributed by atoms with Crippen molar-refractivity contribution in [3.05, 3.63) is 22.6 Å². The van der Waals surface area contributed by atoms with Crippen molar-refractivity contribution in [3.63, 3.8) is 0 Å². The van der Waals surface area contributed by atoms with Crippen LogP contribution < -0.4 is 0 Å². The average Bonchev–Trinajstić information content (AvgIpc) is 2.95. The number of hydrogen-bond acceptors (Lipinski definition) is 4. The second-order valence-electron chi connectivity index (χ2n) is 9.83. The summed E-state index contributed by atoms with van der Waals surface area (Å²) in [7, 11) is 0. The number of carboxylic acid groups (broad SMARTS) is 1. The topological polar surface area (TPSA) is 77.8 Å². The quantitative estimate of drug-likeness (QED) is 0.205. The number of thioether (sulfide) groups is 1. The standard InChI is InChI=1S/C25H44O4S/c1-5-6-8-11-20(26)13-14-21-22(27)18-19(15-16-25(2,3)4)24(21)30-17-10-7-9-12-23(28)29/h13-14,20-22,26-27H,5-12,15-18H2,1-4H3,(H,28,29)/b14-13+/t20-,21-,22+/m0/s1. The van der Waals surface area contributed by atoms with Crippen molar-refractivity contribution in [2.24, 2.45) is 11.3 Å². The molecule has 0 aromatic heterocycles. The number of hydrogen-bond donors (Lipinski definition) is 3. The number of aliphatic carboxylic acids is 1. The van der Waals surface area contributed by atoms with Crippen molar-refractivity contribution in [1.29, 1.82) is 0 Å². The van der Waals surface area contributed by atoms with Gasteiger partial charge in [-0.3, -0.25) is 4.79 Å². The lowest BCUT2D eigenvalue weighted by Crippen LogP contribution is -2.14. The van der Waals surface area contributed by atoms with Crippen molar-refractivity contribution < 1.29 is 20.1 Å². The van der Waals surface area contributed by atoms with E-state index in [0.29, 0.717) is 0 Å². The number of aliphatic hydroxyl groups excluding tert-OH is 2. The normalized spacial score (nSPS) is 21.0. The van der Waals surface area contributed by atoms with Gasteiger partial charge in [0.2, 0.25) is 0 Å². The van der Waals surface area contributed by atoms with E-state index in [9.17, 15) is 15.0 Å². The van der Waals surface area contributed by atoms with E-state index in [-0.39, 0.29) is 17.8 Å². The zero-order valence-electron chi connectivity index (χ0n) is 19.5. The highest BCUT2D eigenvalue weighted by molar-refractivity contribution is 8.03. The van der Waals surface area contributed by atoms with E-state index in [1.807, 2.05) is 23.9 Å². The fourth-order valence-corrected chi connectivity index (χ4v) is 5.13. The van der Waals surface area contributed by atoms with E-state index in [1.54, 1.807) is 0 Å². The Morgan fingerprint density at radius 2 is 1.93 bits per heavy atom. The third-order valence-corrected chi connectivity index (χ3v) is 7.00. The van der Waals surface area contributed by atoms with Crippen LogP contribution in [0.25, 0.3) is 0 Å². The predicted octanol–water partition coefficient (Wildman–Crippen LogP) is 6.32. The van der Waals surface area contributed by atoms with Crippen LogP contribution in [0.5, 0.6) is 0 Å². The van der Waals surface area contributed by atoms with Crippen LogP contribution in [0.15, 0.2) is 22.6 Å². The van der Waals surface area contributed by atoms with Gasteiger partial charge in [0.05, 0.1) is 12.2 Å². The molecule has 0 amide bonds. The fourth-order valence-electron chi connectivity index (χ4n) is 3.74. The second kappa shape index (κ2) is 14.3. The smallest absolute Gasteiger partial charge is 0.303 e. The van der Waals surface area contributed by atoms with Crippen LogP contribution in [0.1, 0.15) is 98.3 Å². The van der Waals surface area contributed by atoms with Crippen molar-refractivity contribution in [3.8, 4) is 0 Å².